The van der Waals surface area contributed by atoms with E-state index >= 15 is 0 Å². The fourth-order valence-electron chi connectivity index (χ4n) is 5.50. The Bertz CT molecular complexity index is 1420. The van der Waals surface area contributed by atoms with Crippen molar-refractivity contribution in [2.45, 2.75) is 56.3 Å². The van der Waals surface area contributed by atoms with Crippen LogP contribution in [-0.2, 0) is 24.5 Å². The normalized spacial score (nSPS) is 18.6. The van der Waals surface area contributed by atoms with Gasteiger partial charge in [-0.3, -0.25) is 14.4 Å². The van der Waals surface area contributed by atoms with Crippen LogP contribution >= 0.6 is 0 Å². The number of ketones is 2. The van der Waals surface area contributed by atoms with Gasteiger partial charge in [0.05, 0.1) is 0 Å². The van der Waals surface area contributed by atoms with Crippen LogP contribution in [0.25, 0.3) is 0 Å². The lowest BCUT2D eigenvalue weighted by atomic mass is 9.71. The molecule has 2 aliphatic carbocycles. The first-order chi connectivity index (χ1) is 17.7. The van der Waals surface area contributed by atoms with Crippen molar-refractivity contribution in [3.8, 4) is 5.75 Å². The summed E-state index contributed by atoms with van der Waals surface area (Å²) in [4.78, 5) is 39.9. The molecule has 0 unspecified atom stereocenters. The van der Waals surface area contributed by atoms with Crippen molar-refractivity contribution >= 4 is 27.7 Å². The van der Waals surface area contributed by atoms with Crippen molar-refractivity contribution in [1.29, 1.82) is 0 Å². The molecule has 1 N–H and O–H groups in total. The van der Waals surface area contributed by atoms with Crippen molar-refractivity contribution in [2.24, 2.45) is 0 Å². The van der Waals surface area contributed by atoms with E-state index in [0.29, 0.717) is 66.6 Å². The third-order valence-electron chi connectivity index (χ3n) is 7.09. The highest BCUT2D eigenvalue weighted by atomic mass is 32.2. The number of carbonyl (C=O) groups excluding carboxylic acids is 2. The van der Waals surface area contributed by atoms with Gasteiger partial charge in [-0.1, -0.05) is 29.8 Å². The fraction of sp³-hybridized carbons (Fsp3) is 0.321. The van der Waals surface area contributed by atoms with Gasteiger partial charge in [0.25, 0.3) is 0 Å². The van der Waals surface area contributed by atoms with Crippen LogP contribution in [-0.4, -0.2) is 42.5 Å². The number of benzene rings is 2. The molecule has 5 rings (SSSR count). The molecule has 0 radical (unpaired) electrons. The minimum absolute atomic E-state index is 0.0189. The van der Waals surface area contributed by atoms with Gasteiger partial charge in [-0.05, 0) is 62.4 Å². The zero-order valence-electron chi connectivity index (χ0n) is 20.4. The van der Waals surface area contributed by atoms with Gasteiger partial charge in [0, 0.05) is 41.3 Å². The van der Waals surface area contributed by atoms with Gasteiger partial charge >= 0.3 is 16.1 Å². The Balaban J connectivity index is 1.60. The number of hydrogen-bond acceptors (Lipinski definition) is 7. The molecular weight excluding hydrogens is 494 g/mol. The molecule has 0 fully saturated rings. The number of hydrogen-bond donors (Lipinski definition) is 1. The van der Waals surface area contributed by atoms with E-state index in [4.69, 9.17) is 4.18 Å². The van der Waals surface area contributed by atoms with Gasteiger partial charge in [-0.25, -0.2) is 0 Å². The molecule has 0 bridgehead atoms. The second-order valence-corrected chi connectivity index (χ2v) is 11.2. The molecule has 0 aromatic heterocycles. The summed E-state index contributed by atoms with van der Waals surface area (Å²) in [5, 5.41) is 9.58. The highest BCUT2D eigenvalue weighted by Crippen LogP contribution is 2.49. The van der Waals surface area contributed by atoms with Crippen LogP contribution in [0, 0.1) is 6.92 Å². The smallest absolute Gasteiger partial charge is 0.339 e. The van der Waals surface area contributed by atoms with E-state index in [-0.39, 0.29) is 28.8 Å². The van der Waals surface area contributed by atoms with Crippen LogP contribution in [0.5, 0.6) is 5.75 Å². The fourth-order valence-corrected chi connectivity index (χ4v) is 6.42. The van der Waals surface area contributed by atoms with Gasteiger partial charge in [-0.15, -0.1) is 0 Å². The van der Waals surface area contributed by atoms with E-state index in [9.17, 15) is 27.9 Å². The SMILES string of the molecule is Cc1ccc(S(=O)(=O)Oc2cccc(C3C4=C(CCCC4=O)N(CC(=O)O)C4=C3C(=O)CCC4)c2)cc1. The van der Waals surface area contributed by atoms with E-state index in [1.165, 1.54) is 18.2 Å². The van der Waals surface area contributed by atoms with Crippen molar-refractivity contribution in [2.75, 3.05) is 6.54 Å². The number of allylic oxidation sites excluding steroid dienone is 4. The number of carboxylic acid groups (broad SMARTS) is 1. The predicted molar refractivity (Wildman–Crippen MR) is 134 cm³/mol. The standard InChI is InChI=1S/C28H27NO7S/c1-17-11-13-20(14-12-17)37(34,35)36-19-6-2-5-18(15-19)26-27-21(7-3-9-23(27)30)29(16-25(32)33)22-8-4-10-24(31)28(22)26/h2,5-6,11-15,26H,3-4,7-10,16H2,1H3,(H,32,33). The van der Waals surface area contributed by atoms with E-state index < -0.39 is 22.0 Å². The monoisotopic (exact) mass is 521 g/mol. The number of carbonyl (C=O) groups is 3. The second kappa shape index (κ2) is 9.63. The lowest BCUT2D eigenvalue weighted by Gasteiger charge is -2.43. The van der Waals surface area contributed by atoms with E-state index in [1.54, 1.807) is 35.2 Å². The van der Waals surface area contributed by atoms with Gasteiger partial charge in [-0.2, -0.15) is 8.42 Å². The van der Waals surface area contributed by atoms with Gasteiger partial charge in [0.1, 0.15) is 17.2 Å². The first kappa shape index (κ1) is 25.0. The van der Waals surface area contributed by atoms with Crippen LogP contribution in [0.15, 0.2) is 76.0 Å². The molecule has 1 aliphatic heterocycles. The molecule has 0 saturated carbocycles. The highest BCUT2D eigenvalue weighted by molar-refractivity contribution is 7.87. The van der Waals surface area contributed by atoms with Crippen molar-refractivity contribution in [3.63, 3.8) is 0 Å². The molecule has 0 spiro atoms. The first-order valence-electron chi connectivity index (χ1n) is 12.3. The number of carboxylic acids is 1. The van der Waals surface area contributed by atoms with E-state index in [0.717, 1.165) is 5.56 Å². The number of Topliss-reactive ketones (excluding diaryl/α,β-unsaturated/α-hetero) is 2. The Labute approximate surface area is 215 Å². The minimum atomic E-state index is -4.10. The predicted octanol–water partition coefficient (Wildman–Crippen LogP) is 4.26. The largest absolute Gasteiger partial charge is 0.480 e. The Morgan fingerprint density at radius 1 is 0.946 bits per heavy atom. The maximum Gasteiger partial charge on any atom is 0.339 e. The average Bonchev–Trinajstić information content (AvgIpc) is 2.85. The second-order valence-electron chi connectivity index (χ2n) is 9.61. The topological polar surface area (TPSA) is 118 Å². The van der Waals surface area contributed by atoms with Crippen LogP contribution in [0.4, 0.5) is 0 Å². The maximum absolute atomic E-state index is 13.3. The third-order valence-corrected chi connectivity index (χ3v) is 8.35. The Hall–Kier alpha value is -3.72. The lowest BCUT2D eigenvalue weighted by Crippen LogP contribution is -2.41. The molecular formula is C28H27NO7S. The number of nitrogens with zero attached hydrogens (tertiary/aromatic N) is 1. The third kappa shape index (κ3) is 4.71. The summed E-state index contributed by atoms with van der Waals surface area (Å²) in [7, 11) is -4.10. The van der Waals surface area contributed by atoms with Crippen LogP contribution < -0.4 is 4.18 Å². The number of aryl methyl sites for hydroxylation is 1. The molecule has 1 heterocycles. The molecule has 3 aliphatic rings. The zero-order chi connectivity index (χ0) is 26.3. The average molecular weight is 522 g/mol. The molecule has 192 valence electrons. The maximum atomic E-state index is 13.3. The first-order valence-corrected chi connectivity index (χ1v) is 13.7. The molecule has 37 heavy (non-hydrogen) atoms. The minimum Gasteiger partial charge on any atom is -0.480 e. The summed E-state index contributed by atoms with van der Waals surface area (Å²) in [6.07, 6.45) is 2.90. The summed E-state index contributed by atoms with van der Waals surface area (Å²) in [6.45, 7) is 1.54. The molecule has 9 heteroatoms. The summed E-state index contributed by atoms with van der Waals surface area (Å²) >= 11 is 0. The Morgan fingerprint density at radius 3 is 2.11 bits per heavy atom. The molecule has 0 saturated heterocycles. The van der Waals surface area contributed by atoms with Crippen molar-refractivity contribution in [1.82, 2.24) is 4.90 Å². The van der Waals surface area contributed by atoms with Gasteiger partial charge in [0.15, 0.2) is 11.6 Å². The van der Waals surface area contributed by atoms with Crippen LogP contribution in [0.1, 0.15) is 55.6 Å². The highest BCUT2D eigenvalue weighted by Gasteiger charge is 2.43. The summed E-state index contributed by atoms with van der Waals surface area (Å²) in [5.74, 6) is -1.90. The molecule has 2 aromatic carbocycles. The van der Waals surface area contributed by atoms with E-state index in [2.05, 4.69) is 0 Å². The molecule has 0 amide bonds. The zero-order valence-corrected chi connectivity index (χ0v) is 21.2. The Morgan fingerprint density at radius 2 is 1.54 bits per heavy atom. The van der Waals surface area contributed by atoms with Gasteiger partial charge in [0.2, 0.25) is 0 Å². The number of aliphatic carboxylic acids is 1. The summed E-state index contributed by atoms with van der Waals surface area (Å²) < 4.78 is 31.2. The molecule has 8 nitrogen and oxygen atoms in total. The number of rotatable bonds is 6. The van der Waals surface area contributed by atoms with Gasteiger partial charge < -0.3 is 14.2 Å². The Kier molecular flexibility index (Phi) is 6.49. The molecule has 2 aromatic rings. The summed E-state index contributed by atoms with van der Waals surface area (Å²) in [5.41, 5.74) is 3.64. The van der Waals surface area contributed by atoms with Crippen molar-refractivity contribution < 1.29 is 32.1 Å². The van der Waals surface area contributed by atoms with E-state index in [1.807, 2.05) is 6.92 Å². The van der Waals surface area contributed by atoms with Crippen molar-refractivity contribution in [3.05, 3.63) is 82.2 Å². The molecule has 0 atom stereocenters. The van der Waals surface area contributed by atoms with Crippen LogP contribution in [0.2, 0.25) is 0 Å². The lowest BCUT2D eigenvalue weighted by molar-refractivity contribution is -0.138. The van der Waals surface area contributed by atoms with Crippen LogP contribution in [0.3, 0.4) is 0 Å². The quantitative estimate of drug-likeness (QED) is 0.560. The summed E-state index contributed by atoms with van der Waals surface area (Å²) in [6, 6.07) is 12.8.